The van der Waals surface area contributed by atoms with E-state index in [2.05, 4.69) is 15.3 Å². The number of nitrogen functional groups attached to an aromatic ring is 1. The molecule has 0 saturated carbocycles. The fourth-order valence-electron chi connectivity index (χ4n) is 1.70. The third kappa shape index (κ3) is 2.82. The molecule has 2 rings (SSSR count). The molecule has 1 amide bonds. The summed E-state index contributed by atoms with van der Waals surface area (Å²) >= 11 is 1.53. The van der Waals surface area contributed by atoms with Crippen molar-refractivity contribution in [1.82, 2.24) is 9.97 Å². The van der Waals surface area contributed by atoms with Crippen LogP contribution in [0.2, 0.25) is 0 Å². The van der Waals surface area contributed by atoms with Crippen molar-refractivity contribution in [3.63, 3.8) is 0 Å². The largest absolute Gasteiger partial charge is 0.384 e. The lowest BCUT2D eigenvalue weighted by Crippen LogP contribution is -2.29. The maximum atomic E-state index is 11.4. The Morgan fingerprint density at radius 3 is 2.74 bits per heavy atom. The summed E-state index contributed by atoms with van der Waals surface area (Å²) in [6.45, 7) is 3.93. The number of carbonyl (C=O) groups excluding carboxylic acids is 1. The minimum Gasteiger partial charge on any atom is -0.384 e. The van der Waals surface area contributed by atoms with E-state index in [1.807, 2.05) is 19.2 Å². The van der Waals surface area contributed by atoms with E-state index >= 15 is 0 Å². The first-order valence-electron chi connectivity index (χ1n) is 5.63. The van der Waals surface area contributed by atoms with Crippen LogP contribution in [-0.4, -0.2) is 15.9 Å². The van der Waals surface area contributed by atoms with Crippen LogP contribution < -0.4 is 16.8 Å². The molecule has 2 aromatic rings. The van der Waals surface area contributed by atoms with Gasteiger partial charge in [-0.3, -0.25) is 4.79 Å². The van der Waals surface area contributed by atoms with Crippen LogP contribution in [0.5, 0.6) is 0 Å². The highest BCUT2D eigenvalue weighted by molar-refractivity contribution is 7.09. The Bertz CT molecular complexity index is 594. The zero-order valence-corrected chi connectivity index (χ0v) is 11.5. The molecule has 0 saturated heterocycles. The van der Waals surface area contributed by atoms with Crippen molar-refractivity contribution in [2.45, 2.75) is 19.4 Å². The number of primary amides is 1. The van der Waals surface area contributed by atoms with Crippen LogP contribution in [-0.2, 0) is 5.54 Å². The molecule has 7 heteroatoms. The van der Waals surface area contributed by atoms with Crippen LogP contribution in [0.15, 0.2) is 23.8 Å². The van der Waals surface area contributed by atoms with Gasteiger partial charge in [-0.15, -0.1) is 11.3 Å². The number of nitrogens with zero attached hydrogens (tertiary/aromatic N) is 2. The zero-order valence-electron chi connectivity index (χ0n) is 10.7. The highest BCUT2D eigenvalue weighted by atomic mass is 32.1. The van der Waals surface area contributed by atoms with Gasteiger partial charge in [0.05, 0.1) is 23.0 Å². The molecule has 2 heterocycles. The molecule has 0 aliphatic heterocycles. The van der Waals surface area contributed by atoms with Crippen molar-refractivity contribution >= 4 is 28.7 Å². The van der Waals surface area contributed by atoms with Crippen LogP contribution in [0.25, 0.3) is 0 Å². The number of nitrogens with two attached hydrogens (primary N) is 2. The molecular weight excluding hydrogens is 262 g/mol. The van der Waals surface area contributed by atoms with E-state index in [9.17, 15) is 4.79 Å². The molecule has 5 N–H and O–H groups in total. The first-order valence-corrected chi connectivity index (χ1v) is 6.51. The summed E-state index contributed by atoms with van der Waals surface area (Å²) < 4.78 is 0. The third-order valence-corrected chi connectivity index (χ3v) is 3.70. The summed E-state index contributed by atoms with van der Waals surface area (Å²) in [5, 5.41) is 6.03. The van der Waals surface area contributed by atoms with Crippen LogP contribution in [0, 0.1) is 0 Å². The highest BCUT2D eigenvalue weighted by Crippen LogP contribution is 2.28. The number of thiazole rings is 1. The van der Waals surface area contributed by atoms with E-state index in [4.69, 9.17) is 11.5 Å². The number of nitrogens with one attached hydrogen (secondary N) is 1. The Labute approximate surface area is 114 Å². The van der Waals surface area contributed by atoms with Gasteiger partial charge >= 0.3 is 0 Å². The van der Waals surface area contributed by atoms with Crippen LogP contribution in [0.3, 0.4) is 0 Å². The van der Waals surface area contributed by atoms with Crippen LogP contribution in [0.1, 0.15) is 29.2 Å². The SMILES string of the molecule is CC(C)(Nc1cnc(N)cc1C(N)=O)c1nccs1. The van der Waals surface area contributed by atoms with Crippen molar-refractivity contribution in [2.24, 2.45) is 5.73 Å². The summed E-state index contributed by atoms with van der Waals surface area (Å²) in [4.78, 5) is 19.7. The number of pyridine rings is 1. The second-order valence-corrected chi connectivity index (χ2v) is 5.50. The van der Waals surface area contributed by atoms with Gasteiger partial charge in [-0.05, 0) is 19.9 Å². The molecule has 0 spiro atoms. The molecule has 6 nitrogen and oxygen atoms in total. The molecule has 0 bridgehead atoms. The number of amides is 1. The second kappa shape index (κ2) is 4.85. The Kier molecular flexibility index (Phi) is 3.39. The van der Waals surface area contributed by atoms with Crippen molar-refractivity contribution < 1.29 is 4.79 Å². The fraction of sp³-hybridized carbons (Fsp3) is 0.250. The van der Waals surface area contributed by atoms with Gasteiger partial charge in [-0.25, -0.2) is 9.97 Å². The van der Waals surface area contributed by atoms with E-state index in [1.54, 1.807) is 6.20 Å². The topological polar surface area (TPSA) is 107 Å². The monoisotopic (exact) mass is 277 g/mol. The molecule has 2 aromatic heterocycles. The van der Waals surface area contributed by atoms with E-state index in [1.165, 1.54) is 23.6 Å². The van der Waals surface area contributed by atoms with Crippen molar-refractivity contribution in [3.05, 3.63) is 34.4 Å². The molecule has 0 aliphatic rings. The van der Waals surface area contributed by atoms with Gasteiger partial charge in [0.1, 0.15) is 10.8 Å². The minimum atomic E-state index is -0.550. The molecule has 0 unspecified atom stereocenters. The highest BCUT2D eigenvalue weighted by Gasteiger charge is 2.25. The zero-order chi connectivity index (χ0) is 14.0. The lowest BCUT2D eigenvalue weighted by molar-refractivity contribution is 0.100. The Balaban J connectivity index is 2.36. The quantitative estimate of drug-likeness (QED) is 0.786. The van der Waals surface area contributed by atoms with Crippen molar-refractivity contribution in [2.75, 3.05) is 11.1 Å². The average Bonchev–Trinajstić information content (AvgIpc) is 2.85. The lowest BCUT2D eigenvalue weighted by atomic mass is 10.1. The predicted molar refractivity (Wildman–Crippen MR) is 75.9 cm³/mol. The normalized spacial score (nSPS) is 11.3. The smallest absolute Gasteiger partial charge is 0.250 e. The number of anilines is 2. The van der Waals surface area contributed by atoms with Gasteiger partial charge in [-0.2, -0.15) is 0 Å². The Morgan fingerprint density at radius 1 is 1.42 bits per heavy atom. The van der Waals surface area contributed by atoms with Gasteiger partial charge in [0, 0.05) is 11.6 Å². The van der Waals surface area contributed by atoms with E-state index < -0.39 is 11.4 Å². The van der Waals surface area contributed by atoms with Gasteiger partial charge in [0.2, 0.25) is 0 Å². The average molecular weight is 277 g/mol. The summed E-state index contributed by atoms with van der Waals surface area (Å²) in [6.07, 6.45) is 3.24. The van der Waals surface area contributed by atoms with Gasteiger partial charge in [0.15, 0.2) is 0 Å². The van der Waals surface area contributed by atoms with Crippen molar-refractivity contribution in [1.29, 1.82) is 0 Å². The predicted octanol–water partition coefficient (Wildman–Crippen LogP) is 1.57. The van der Waals surface area contributed by atoms with Gasteiger partial charge in [-0.1, -0.05) is 0 Å². The third-order valence-electron chi connectivity index (χ3n) is 2.60. The molecule has 19 heavy (non-hydrogen) atoms. The summed E-state index contributed by atoms with van der Waals surface area (Å²) in [6, 6.07) is 1.46. The van der Waals surface area contributed by atoms with Crippen LogP contribution >= 0.6 is 11.3 Å². The Hall–Kier alpha value is -2.15. The van der Waals surface area contributed by atoms with Crippen molar-refractivity contribution in [3.8, 4) is 0 Å². The standard InChI is InChI=1S/C12H15N5OS/c1-12(2,11-15-3-4-19-11)17-8-6-16-9(13)5-7(8)10(14)18/h3-6,17H,1-2H3,(H2,13,16)(H2,14,18). The Morgan fingerprint density at radius 2 is 2.16 bits per heavy atom. The minimum absolute atomic E-state index is 0.256. The number of aromatic nitrogens is 2. The van der Waals surface area contributed by atoms with Gasteiger partial charge in [0.25, 0.3) is 5.91 Å². The summed E-state index contributed by atoms with van der Waals surface area (Å²) in [5.74, 6) is -0.294. The number of carbonyl (C=O) groups is 1. The first-order chi connectivity index (χ1) is 8.90. The maximum Gasteiger partial charge on any atom is 0.250 e. The molecule has 0 aromatic carbocycles. The van der Waals surface area contributed by atoms with E-state index in [-0.39, 0.29) is 5.82 Å². The maximum absolute atomic E-state index is 11.4. The molecule has 0 radical (unpaired) electrons. The molecular formula is C12H15N5OS. The first kappa shape index (κ1) is 13.3. The van der Waals surface area contributed by atoms with E-state index in [0.717, 1.165) is 5.01 Å². The fourth-order valence-corrected chi connectivity index (χ4v) is 2.42. The number of hydrogen-bond donors (Lipinski definition) is 3. The molecule has 0 atom stereocenters. The number of rotatable bonds is 4. The van der Waals surface area contributed by atoms with Gasteiger partial charge < -0.3 is 16.8 Å². The molecule has 100 valence electrons. The summed E-state index contributed by atoms with van der Waals surface area (Å²) in [7, 11) is 0. The van der Waals surface area contributed by atoms with E-state index in [0.29, 0.717) is 11.3 Å². The molecule has 0 aliphatic carbocycles. The number of hydrogen-bond acceptors (Lipinski definition) is 6. The molecule has 0 fully saturated rings. The lowest BCUT2D eigenvalue weighted by Gasteiger charge is -2.26. The van der Waals surface area contributed by atoms with Crippen LogP contribution in [0.4, 0.5) is 11.5 Å². The summed E-state index contributed by atoms with van der Waals surface area (Å²) in [5.41, 5.74) is 11.3. The second-order valence-electron chi connectivity index (χ2n) is 4.61.